The average Bonchev–Trinajstić information content (AvgIpc) is 1.20. The van der Waals surface area contributed by atoms with Crippen molar-refractivity contribution in [1.82, 2.24) is 0 Å². The normalized spacial score (nSPS) is 18.2. The van der Waals surface area contributed by atoms with E-state index in [1.54, 1.807) is 38.5 Å². The first-order chi connectivity index (χ1) is 3.86. The summed E-state index contributed by atoms with van der Waals surface area (Å²) in [6.07, 6.45) is 0. The van der Waals surface area contributed by atoms with E-state index in [2.05, 4.69) is 2.25 Å². The molecule has 0 heterocycles. The van der Waals surface area contributed by atoms with Crippen molar-refractivity contribution < 1.29 is 66.0 Å². The molecule has 0 aromatic heterocycles. The Labute approximate surface area is 73.9 Å². The van der Waals surface area contributed by atoms with Crippen molar-refractivity contribution in [1.29, 1.82) is 0 Å². The summed E-state index contributed by atoms with van der Waals surface area (Å²) < 4.78 is 63.4. The summed E-state index contributed by atoms with van der Waals surface area (Å²) in [7, 11) is -10.7. The molecule has 0 aromatic carbocycles. The summed E-state index contributed by atoms with van der Waals surface area (Å²) in [5.41, 5.74) is 0. The molecule has 1 nitrogen and oxygen atoms in total. The molecule has 0 saturated heterocycles. The minimum atomic E-state index is -10.7. The van der Waals surface area contributed by atoms with Gasteiger partial charge in [-0.2, -0.15) is 0 Å². The van der Waals surface area contributed by atoms with Gasteiger partial charge < -0.3 is 0 Å². The Bertz CT molecular complexity index is 85.1. The Hall–Kier alpha value is 1.27. The fourth-order valence-corrected chi connectivity index (χ4v) is 0. The molecule has 0 saturated carbocycles. The van der Waals surface area contributed by atoms with Crippen LogP contribution in [0, 0.1) is 0 Å². The SMILES string of the molecule is F[P-](F)(F)(F)(F)F.[Ir][O][Ir]. The van der Waals surface area contributed by atoms with Gasteiger partial charge in [-0.25, -0.2) is 0 Å². The molecule has 0 aliphatic heterocycles. The van der Waals surface area contributed by atoms with Crippen LogP contribution in [0.3, 0.4) is 0 Å². The third-order valence-electron chi connectivity index (χ3n) is 0. The molecule has 0 bridgehead atoms. The maximum atomic E-state index is 9.87. The number of hydrogen-bond acceptors (Lipinski definition) is 1. The molecule has 10 heavy (non-hydrogen) atoms. The molecule has 0 atom stereocenters. The van der Waals surface area contributed by atoms with Crippen molar-refractivity contribution in [3.05, 3.63) is 0 Å². The van der Waals surface area contributed by atoms with Gasteiger partial charge in [-0.05, 0) is 0 Å². The molecule has 0 fully saturated rings. The summed E-state index contributed by atoms with van der Waals surface area (Å²) in [5.74, 6) is 0. The Balaban J connectivity index is 0. The number of rotatable bonds is 0. The molecular formula is F6Ir2OP-. The van der Waals surface area contributed by atoms with Crippen molar-refractivity contribution >= 4 is 7.81 Å². The van der Waals surface area contributed by atoms with Crippen molar-refractivity contribution in [3.8, 4) is 0 Å². The third-order valence-corrected chi connectivity index (χ3v) is 0. The van der Waals surface area contributed by atoms with Crippen LogP contribution in [0.15, 0.2) is 0 Å². The molecule has 0 N–H and O–H groups in total. The first kappa shape index (κ1) is 13.8. The quantitative estimate of drug-likeness (QED) is 0.336. The van der Waals surface area contributed by atoms with Gasteiger partial charge >= 0.3 is 73.8 Å². The zero-order chi connectivity index (χ0) is 9.12. The molecule has 0 radical (unpaired) electrons. The van der Waals surface area contributed by atoms with Gasteiger partial charge in [0.1, 0.15) is 0 Å². The second-order valence-electron chi connectivity index (χ2n) is 1.00. The Kier molecular flexibility index (Phi) is 4.09. The molecule has 0 unspecified atom stereocenters. The van der Waals surface area contributed by atoms with Crippen LogP contribution < -0.4 is 0 Å². The van der Waals surface area contributed by atoms with Crippen molar-refractivity contribution in [3.63, 3.8) is 0 Å². The van der Waals surface area contributed by atoms with E-state index in [-0.39, 0.29) is 0 Å². The summed E-state index contributed by atoms with van der Waals surface area (Å²) in [4.78, 5) is 0. The Morgan fingerprint density at radius 2 is 0.800 bits per heavy atom. The van der Waals surface area contributed by atoms with E-state index >= 15 is 0 Å². The van der Waals surface area contributed by atoms with Crippen LogP contribution in [0.2, 0.25) is 0 Å². The van der Waals surface area contributed by atoms with Gasteiger partial charge in [0.2, 0.25) is 0 Å². The number of hydrogen-bond donors (Lipinski definition) is 0. The van der Waals surface area contributed by atoms with E-state index in [0.29, 0.717) is 0 Å². The first-order valence-corrected chi connectivity index (χ1v) is 5.27. The van der Waals surface area contributed by atoms with E-state index in [9.17, 15) is 25.2 Å². The fourth-order valence-electron chi connectivity index (χ4n) is 0. The van der Waals surface area contributed by atoms with Gasteiger partial charge in [0.25, 0.3) is 0 Å². The molecule has 0 spiro atoms. The monoisotopic (exact) mass is 547 g/mol. The summed E-state index contributed by atoms with van der Waals surface area (Å²) in [5, 5.41) is 0. The van der Waals surface area contributed by atoms with Crippen LogP contribution in [-0.4, -0.2) is 0 Å². The fraction of sp³-hybridized carbons (Fsp3) is 0. The van der Waals surface area contributed by atoms with E-state index in [1.165, 1.54) is 0 Å². The minimum absolute atomic E-state index is 1.62. The Morgan fingerprint density at radius 3 is 0.800 bits per heavy atom. The molecule has 0 aliphatic carbocycles. The summed E-state index contributed by atoms with van der Waals surface area (Å²) >= 11 is 3.25. The van der Waals surface area contributed by atoms with E-state index in [1.807, 2.05) is 0 Å². The van der Waals surface area contributed by atoms with Gasteiger partial charge in [0.15, 0.2) is 0 Å². The first-order valence-electron chi connectivity index (χ1n) is 1.29. The average molecular weight is 545 g/mol. The van der Waals surface area contributed by atoms with Gasteiger partial charge in [-0.3, -0.25) is 0 Å². The molecule has 10 heteroatoms. The second-order valence-corrected chi connectivity index (χ2v) is 5.91. The standard InChI is InChI=1S/F6P.2Ir.O/c1-7(2,3,4,5)6;;;/q-1;;;. The topological polar surface area (TPSA) is 9.23 Å². The molecule has 72 valence electrons. The van der Waals surface area contributed by atoms with Crippen LogP contribution in [0.25, 0.3) is 0 Å². The van der Waals surface area contributed by atoms with Crippen molar-refractivity contribution in [2.45, 2.75) is 0 Å². The zero-order valence-corrected chi connectivity index (χ0v) is 9.47. The van der Waals surface area contributed by atoms with Gasteiger partial charge in [-0.15, -0.1) is 0 Å². The molecule has 0 aliphatic rings. The molecule has 0 aromatic rings. The van der Waals surface area contributed by atoms with Gasteiger partial charge in [-0.1, -0.05) is 0 Å². The van der Waals surface area contributed by atoms with E-state index in [4.69, 9.17) is 0 Å². The van der Waals surface area contributed by atoms with Gasteiger partial charge in [0.05, 0.1) is 0 Å². The second kappa shape index (κ2) is 2.96. The third kappa shape index (κ3) is 394. The predicted octanol–water partition coefficient (Wildman–Crippen LogP) is 3.31. The Morgan fingerprint density at radius 1 is 0.800 bits per heavy atom. The van der Waals surface area contributed by atoms with E-state index in [0.717, 1.165) is 0 Å². The molecule has 0 rings (SSSR count). The van der Waals surface area contributed by atoms with Crippen LogP contribution in [0.1, 0.15) is 0 Å². The van der Waals surface area contributed by atoms with Gasteiger partial charge in [0, 0.05) is 0 Å². The van der Waals surface area contributed by atoms with Crippen molar-refractivity contribution in [2.75, 3.05) is 0 Å². The number of halogens is 6. The van der Waals surface area contributed by atoms with Crippen LogP contribution in [0.4, 0.5) is 25.2 Å². The van der Waals surface area contributed by atoms with Crippen LogP contribution >= 0.6 is 7.81 Å². The van der Waals surface area contributed by atoms with Crippen LogP contribution in [0.5, 0.6) is 0 Å². The summed E-state index contributed by atoms with van der Waals surface area (Å²) in [6, 6.07) is 0. The predicted molar refractivity (Wildman–Crippen MR) is 14.7 cm³/mol. The van der Waals surface area contributed by atoms with Crippen molar-refractivity contribution in [2.24, 2.45) is 0 Å². The zero-order valence-electron chi connectivity index (χ0n) is 3.79. The van der Waals surface area contributed by atoms with Crippen LogP contribution in [-0.2, 0) is 40.8 Å². The summed E-state index contributed by atoms with van der Waals surface area (Å²) in [6.45, 7) is 0. The van der Waals surface area contributed by atoms with E-state index < -0.39 is 7.81 Å². The maximum absolute atomic E-state index is 10.7. The molecule has 0 amide bonds. The molecular weight excluding hydrogens is 545 g/mol.